The highest BCUT2D eigenvalue weighted by Crippen LogP contribution is 2.43. The number of piperidine rings is 2. The fourth-order valence-electron chi connectivity index (χ4n) is 9.12. The lowest BCUT2D eigenvalue weighted by molar-refractivity contribution is -0.137. The number of hydrogen-bond donors (Lipinski definition) is 3. The number of likely N-dealkylation sites (tertiary alicyclic amines) is 1. The van der Waals surface area contributed by atoms with Gasteiger partial charge in [-0.1, -0.05) is 18.2 Å². The van der Waals surface area contributed by atoms with Gasteiger partial charge in [0.1, 0.15) is 5.78 Å². The minimum atomic E-state index is -4.95. The molecule has 4 aliphatic rings. The number of carbonyl (C=O) groups is 2. The van der Waals surface area contributed by atoms with E-state index in [-0.39, 0.29) is 36.0 Å². The Kier molecular flexibility index (Phi) is 13.4. The second-order valence-corrected chi connectivity index (χ2v) is 17.0. The lowest BCUT2D eigenvalue weighted by atomic mass is 9.79. The van der Waals surface area contributed by atoms with Crippen LogP contribution in [0.5, 0.6) is 0 Å². The quantitative estimate of drug-likeness (QED) is 0.101. The first-order valence-corrected chi connectivity index (χ1v) is 20.7. The third kappa shape index (κ3) is 10.4. The number of allylic oxidation sites excluding steroid dienone is 3. The summed E-state index contributed by atoms with van der Waals surface area (Å²) >= 11 is 1.60. The molecule has 2 unspecified atom stereocenters. The third-order valence-corrected chi connectivity index (χ3v) is 13.3. The van der Waals surface area contributed by atoms with Crippen LogP contribution in [0.25, 0.3) is 0 Å². The molecule has 0 bridgehead atoms. The third-order valence-electron chi connectivity index (χ3n) is 12.5. The Morgan fingerprint density at radius 1 is 0.963 bits per heavy atom. The lowest BCUT2D eigenvalue weighted by Gasteiger charge is -2.34. The first kappa shape index (κ1) is 40.6. The molecule has 54 heavy (non-hydrogen) atoms. The van der Waals surface area contributed by atoms with Crippen LogP contribution in [0.1, 0.15) is 99.3 Å². The van der Waals surface area contributed by atoms with Crippen molar-refractivity contribution in [3.8, 4) is 0 Å². The standard InChI is InChI=1S/C42H55F5N4O2S/c1-2-41(43,44)35-22-31(23-36(39(35)48)42(45,46)47)21-32(38(52)24-28-5-3-27(4-6-28)19-29-9-14-49-15-10-29)13-18-51-16-11-30(12-17-51)20-33-7-8-34-25-54-26-37(34)50-40(33)53/h2,5,22-23,25-27,29-30,32-33,49H,1,3-4,6-21,24,48H2,(H,50,53)/t27?,32-,33?/m1/s1. The van der Waals surface area contributed by atoms with Crippen molar-refractivity contribution >= 4 is 34.4 Å². The molecule has 1 aromatic heterocycles. The molecule has 2 aromatic rings. The van der Waals surface area contributed by atoms with Crippen LogP contribution in [0.3, 0.4) is 0 Å². The molecular weight excluding hydrogens is 720 g/mol. The van der Waals surface area contributed by atoms with Crippen LogP contribution in [-0.4, -0.2) is 49.3 Å². The van der Waals surface area contributed by atoms with Crippen LogP contribution in [0.2, 0.25) is 0 Å². The van der Waals surface area contributed by atoms with Gasteiger partial charge in [0.05, 0.1) is 16.9 Å². The molecular formula is C42H55F5N4O2S. The molecule has 4 N–H and O–H groups in total. The predicted octanol–water partition coefficient (Wildman–Crippen LogP) is 9.55. The maximum atomic E-state index is 14.9. The van der Waals surface area contributed by atoms with Gasteiger partial charge in [0, 0.05) is 29.2 Å². The van der Waals surface area contributed by atoms with Crippen LogP contribution in [-0.2, 0) is 34.5 Å². The van der Waals surface area contributed by atoms with Gasteiger partial charge >= 0.3 is 6.18 Å². The van der Waals surface area contributed by atoms with Crippen molar-refractivity contribution in [1.29, 1.82) is 0 Å². The Hall–Kier alpha value is -3.09. The summed E-state index contributed by atoms with van der Waals surface area (Å²) in [6, 6.07) is 1.85. The topological polar surface area (TPSA) is 87.5 Å². The predicted molar refractivity (Wildman–Crippen MR) is 206 cm³/mol. The van der Waals surface area contributed by atoms with Gasteiger partial charge in [-0.25, -0.2) is 0 Å². The number of benzene rings is 1. The van der Waals surface area contributed by atoms with Gasteiger partial charge in [-0.3, -0.25) is 9.59 Å². The number of ketones is 1. The largest absolute Gasteiger partial charge is 0.418 e. The zero-order valence-electron chi connectivity index (χ0n) is 31.1. The molecule has 1 aromatic carbocycles. The highest BCUT2D eigenvalue weighted by atomic mass is 32.1. The van der Waals surface area contributed by atoms with Gasteiger partial charge in [0.15, 0.2) is 0 Å². The van der Waals surface area contributed by atoms with Crippen LogP contribution in [0.15, 0.2) is 47.2 Å². The molecule has 2 fully saturated rings. The number of aryl methyl sites for hydroxylation is 1. The minimum Gasteiger partial charge on any atom is -0.398 e. The van der Waals surface area contributed by atoms with Gasteiger partial charge in [-0.15, -0.1) is 11.3 Å². The number of nitrogens with two attached hydrogens (primary N) is 1. The normalized spacial score (nSPS) is 22.9. The molecule has 1 amide bonds. The number of amides is 1. The smallest absolute Gasteiger partial charge is 0.398 e. The Morgan fingerprint density at radius 2 is 1.69 bits per heavy atom. The molecule has 0 saturated carbocycles. The van der Waals surface area contributed by atoms with Crippen LogP contribution in [0.4, 0.5) is 33.3 Å². The zero-order chi connectivity index (χ0) is 38.5. The number of fused-ring (bicyclic) bond motifs is 1. The van der Waals surface area contributed by atoms with Crippen LogP contribution >= 0.6 is 11.3 Å². The molecule has 6 nitrogen and oxygen atoms in total. The fraction of sp³-hybridized carbons (Fsp3) is 0.619. The van der Waals surface area contributed by atoms with E-state index in [2.05, 4.69) is 33.6 Å². The molecule has 12 heteroatoms. The maximum Gasteiger partial charge on any atom is 0.418 e. The van der Waals surface area contributed by atoms with E-state index in [9.17, 15) is 31.5 Å². The second kappa shape index (κ2) is 17.8. The van der Waals surface area contributed by atoms with Gasteiger partial charge in [0.25, 0.3) is 5.92 Å². The number of anilines is 2. The Bertz CT molecular complexity index is 1660. The summed E-state index contributed by atoms with van der Waals surface area (Å²) in [5.41, 5.74) is 5.62. The number of Topliss-reactive ketones (excluding diaryl/α,β-unsaturated/α-hetero) is 1. The van der Waals surface area contributed by atoms with Crippen molar-refractivity contribution < 1.29 is 31.5 Å². The zero-order valence-corrected chi connectivity index (χ0v) is 31.9. The highest BCUT2D eigenvalue weighted by Gasteiger charge is 2.40. The van der Waals surface area contributed by atoms with Gasteiger partial charge in [-0.05, 0) is 169 Å². The van der Waals surface area contributed by atoms with Crippen molar-refractivity contribution in [2.24, 2.45) is 29.6 Å². The number of hydrogen-bond acceptors (Lipinski definition) is 6. The van der Waals surface area contributed by atoms with Gasteiger partial charge in [-0.2, -0.15) is 22.0 Å². The Labute approximate surface area is 320 Å². The molecule has 4 heterocycles. The second-order valence-electron chi connectivity index (χ2n) is 16.3. The summed E-state index contributed by atoms with van der Waals surface area (Å²) in [6.07, 6.45) is 8.82. The fourth-order valence-corrected chi connectivity index (χ4v) is 9.94. The molecule has 3 atom stereocenters. The van der Waals surface area contributed by atoms with E-state index >= 15 is 0 Å². The summed E-state index contributed by atoms with van der Waals surface area (Å²) in [7, 11) is 0. The summed E-state index contributed by atoms with van der Waals surface area (Å²) in [5, 5.41) is 10.6. The number of halogens is 5. The van der Waals surface area contributed by atoms with Crippen LogP contribution in [0, 0.1) is 29.6 Å². The van der Waals surface area contributed by atoms with Crippen molar-refractivity contribution in [2.45, 2.75) is 102 Å². The van der Waals surface area contributed by atoms with E-state index < -0.39 is 34.8 Å². The number of carbonyl (C=O) groups excluding carboxylic acids is 2. The van der Waals surface area contributed by atoms with E-state index in [4.69, 9.17) is 5.73 Å². The Balaban J connectivity index is 1.11. The lowest BCUT2D eigenvalue weighted by Crippen LogP contribution is -2.37. The minimum absolute atomic E-state index is 0.0145. The Morgan fingerprint density at radius 3 is 2.37 bits per heavy atom. The van der Waals surface area contributed by atoms with Crippen LogP contribution < -0.4 is 16.4 Å². The first-order chi connectivity index (χ1) is 25.8. The molecule has 296 valence electrons. The van der Waals surface area contributed by atoms with E-state index in [0.717, 1.165) is 107 Å². The van der Waals surface area contributed by atoms with Crippen molar-refractivity contribution in [3.05, 3.63) is 69.5 Å². The van der Waals surface area contributed by atoms with Gasteiger partial charge < -0.3 is 21.3 Å². The average Bonchev–Trinajstić information content (AvgIpc) is 3.53. The summed E-state index contributed by atoms with van der Waals surface area (Å²) < 4.78 is 72.0. The number of rotatable bonds is 14. The number of nitrogen functional groups attached to an aromatic ring is 1. The van der Waals surface area contributed by atoms with Crippen molar-refractivity contribution in [2.75, 3.05) is 43.8 Å². The molecule has 6 rings (SSSR count). The SMILES string of the molecule is C=CC(F)(F)c1cc(C[C@@H](CCN2CCC(CC3CCc4cscc4NC3=O)CC2)C(=O)CC2=CCC(CC3CCNCC3)CC2)cc(C(F)(F)F)c1N. The number of alkyl halides is 5. The van der Waals surface area contributed by atoms with E-state index in [1.165, 1.54) is 24.8 Å². The first-order valence-electron chi connectivity index (χ1n) is 19.8. The van der Waals surface area contributed by atoms with Crippen molar-refractivity contribution in [3.63, 3.8) is 0 Å². The number of nitrogens with one attached hydrogen (secondary N) is 2. The molecule has 2 saturated heterocycles. The van der Waals surface area contributed by atoms with E-state index in [1.807, 2.05) is 5.38 Å². The summed E-state index contributed by atoms with van der Waals surface area (Å²) in [4.78, 5) is 29.3. The number of thiophene rings is 1. The average molecular weight is 775 g/mol. The van der Waals surface area contributed by atoms with E-state index in [0.29, 0.717) is 30.9 Å². The molecule has 0 radical (unpaired) electrons. The molecule has 0 spiro atoms. The monoisotopic (exact) mass is 774 g/mol. The summed E-state index contributed by atoms with van der Waals surface area (Å²) in [5.74, 6) is -2.70. The molecule has 3 aliphatic heterocycles. The number of nitrogens with zero attached hydrogens (tertiary/aromatic N) is 1. The molecule has 1 aliphatic carbocycles. The van der Waals surface area contributed by atoms with Crippen molar-refractivity contribution in [1.82, 2.24) is 10.2 Å². The van der Waals surface area contributed by atoms with E-state index in [1.54, 1.807) is 11.3 Å². The van der Waals surface area contributed by atoms with Gasteiger partial charge in [0.2, 0.25) is 5.91 Å². The maximum absolute atomic E-state index is 14.9. The summed E-state index contributed by atoms with van der Waals surface area (Å²) in [6.45, 7) is 7.41. The highest BCUT2D eigenvalue weighted by molar-refractivity contribution is 7.08.